The molecule has 1 amide bonds. The van der Waals surface area contributed by atoms with E-state index in [1.54, 1.807) is 0 Å². The Hall–Kier alpha value is -1.33. The van der Waals surface area contributed by atoms with Crippen molar-refractivity contribution in [1.29, 1.82) is 5.26 Å². The van der Waals surface area contributed by atoms with Crippen LogP contribution < -0.4 is 10.6 Å². The van der Waals surface area contributed by atoms with E-state index in [1.807, 2.05) is 0 Å². The topological polar surface area (TPSA) is 90.7 Å². The number of hydrogen-bond acceptors (Lipinski definition) is 7. The Morgan fingerprint density at radius 1 is 1.45 bits per heavy atom. The number of hydrogen-bond donors (Lipinski definition) is 2. The molecule has 0 aliphatic heterocycles. The van der Waals surface area contributed by atoms with E-state index in [2.05, 4.69) is 40.7 Å². The summed E-state index contributed by atoms with van der Waals surface area (Å²) in [5.41, 5.74) is -0.650. The standard InChI is InChI=1S/C14H21N5OS2/c1-10(2)7-16-12-18-19-13(22-12)21-8-11(20)17-14(9-15)5-3-4-6-14/h10H,3-8H2,1-2H3,(H,16,18)(H,17,20). The van der Waals surface area contributed by atoms with Crippen molar-refractivity contribution in [2.75, 3.05) is 17.6 Å². The number of carbonyl (C=O) groups excluding carboxylic acids is 1. The normalized spacial score (nSPS) is 16.5. The van der Waals surface area contributed by atoms with Gasteiger partial charge in [0.05, 0.1) is 11.8 Å². The Balaban J connectivity index is 1.78. The summed E-state index contributed by atoms with van der Waals surface area (Å²) in [6.07, 6.45) is 3.51. The highest BCUT2D eigenvalue weighted by Crippen LogP contribution is 2.30. The summed E-state index contributed by atoms with van der Waals surface area (Å²) in [6.45, 7) is 5.11. The van der Waals surface area contributed by atoms with Gasteiger partial charge in [-0.2, -0.15) is 5.26 Å². The van der Waals surface area contributed by atoms with Gasteiger partial charge in [-0.25, -0.2) is 0 Å². The Bertz CT molecular complexity index is 546. The highest BCUT2D eigenvalue weighted by molar-refractivity contribution is 8.01. The number of nitriles is 1. The van der Waals surface area contributed by atoms with E-state index >= 15 is 0 Å². The van der Waals surface area contributed by atoms with E-state index in [4.69, 9.17) is 0 Å². The molecule has 8 heteroatoms. The van der Waals surface area contributed by atoms with Gasteiger partial charge in [-0.05, 0) is 31.6 Å². The van der Waals surface area contributed by atoms with Crippen LogP contribution in [0.25, 0.3) is 0 Å². The maximum atomic E-state index is 12.0. The smallest absolute Gasteiger partial charge is 0.231 e. The lowest BCUT2D eigenvalue weighted by Gasteiger charge is -2.21. The fourth-order valence-corrected chi connectivity index (χ4v) is 3.86. The van der Waals surface area contributed by atoms with Gasteiger partial charge in [0.1, 0.15) is 5.54 Å². The van der Waals surface area contributed by atoms with Crippen LogP contribution in [-0.2, 0) is 4.79 Å². The third-order valence-corrected chi connectivity index (χ3v) is 5.46. The largest absolute Gasteiger partial charge is 0.360 e. The summed E-state index contributed by atoms with van der Waals surface area (Å²) < 4.78 is 0.763. The van der Waals surface area contributed by atoms with Crippen LogP contribution in [-0.4, -0.2) is 33.9 Å². The monoisotopic (exact) mass is 339 g/mol. The minimum Gasteiger partial charge on any atom is -0.360 e. The van der Waals surface area contributed by atoms with Crippen molar-refractivity contribution >= 4 is 34.1 Å². The molecule has 1 fully saturated rings. The Kier molecular flexibility index (Phi) is 6.03. The Morgan fingerprint density at radius 2 is 2.18 bits per heavy atom. The predicted molar refractivity (Wildman–Crippen MR) is 88.9 cm³/mol. The first kappa shape index (κ1) is 17.0. The van der Waals surface area contributed by atoms with E-state index in [0.717, 1.165) is 41.7 Å². The molecule has 1 aliphatic carbocycles. The second-order valence-corrected chi connectivity index (χ2v) is 8.09. The van der Waals surface area contributed by atoms with E-state index in [-0.39, 0.29) is 11.7 Å². The van der Waals surface area contributed by atoms with Gasteiger partial charge in [0, 0.05) is 6.54 Å². The molecule has 1 aliphatic rings. The lowest BCUT2D eigenvalue weighted by molar-refractivity contribution is -0.119. The maximum absolute atomic E-state index is 12.0. The molecule has 1 saturated carbocycles. The first-order valence-electron chi connectivity index (χ1n) is 7.45. The van der Waals surface area contributed by atoms with E-state index < -0.39 is 5.54 Å². The van der Waals surface area contributed by atoms with Crippen LogP contribution in [0.3, 0.4) is 0 Å². The van der Waals surface area contributed by atoms with E-state index in [1.165, 1.54) is 23.1 Å². The average Bonchev–Trinajstić information content (AvgIpc) is 3.12. The van der Waals surface area contributed by atoms with Gasteiger partial charge in [0.15, 0.2) is 4.34 Å². The Morgan fingerprint density at radius 3 is 2.82 bits per heavy atom. The summed E-state index contributed by atoms with van der Waals surface area (Å²) in [5, 5.41) is 24.2. The molecule has 0 atom stereocenters. The number of anilines is 1. The lowest BCUT2D eigenvalue weighted by atomic mass is 10.0. The van der Waals surface area contributed by atoms with Crippen molar-refractivity contribution in [3.05, 3.63) is 0 Å². The number of carbonyl (C=O) groups is 1. The van der Waals surface area contributed by atoms with Crippen LogP contribution in [0.1, 0.15) is 39.5 Å². The van der Waals surface area contributed by atoms with E-state index in [0.29, 0.717) is 5.92 Å². The van der Waals surface area contributed by atoms with Gasteiger partial charge >= 0.3 is 0 Å². The molecule has 0 saturated heterocycles. The van der Waals surface area contributed by atoms with Crippen molar-refractivity contribution in [2.24, 2.45) is 5.92 Å². The molecule has 0 radical (unpaired) electrons. The molecule has 2 rings (SSSR count). The van der Waals surface area contributed by atoms with Crippen molar-refractivity contribution in [2.45, 2.75) is 49.4 Å². The fraction of sp³-hybridized carbons (Fsp3) is 0.714. The minimum atomic E-state index is -0.650. The van der Waals surface area contributed by atoms with Crippen LogP contribution in [0.5, 0.6) is 0 Å². The molecular weight excluding hydrogens is 318 g/mol. The molecule has 6 nitrogen and oxygen atoms in total. The van der Waals surface area contributed by atoms with E-state index in [9.17, 15) is 10.1 Å². The predicted octanol–water partition coefficient (Wildman–Crippen LogP) is 2.65. The molecule has 120 valence electrons. The van der Waals surface area contributed by atoms with Gasteiger partial charge in [-0.1, -0.05) is 36.9 Å². The van der Waals surface area contributed by atoms with Crippen LogP contribution in [0.4, 0.5) is 5.13 Å². The first-order valence-corrected chi connectivity index (χ1v) is 9.26. The SMILES string of the molecule is CC(C)CNc1nnc(SCC(=O)NC2(C#N)CCCC2)s1. The molecule has 0 spiro atoms. The third kappa shape index (κ3) is 4.85. The molecule has 0 bridgehead atoms. The van der Waals surface area contributed by atoms with Gasteiger partial charge in [0.25, 0.3) is 0 Å². The van der Waals surface area contributed by atoms with Crippen molar-refractivity contribution in [3.8, 4) is 6.07 Å². The number of aromatic nitrogens is 2. The molecule has 1 heterocycles. The second-order valence-electron chi connectivity index (χ2n) is 5.89. The summed E-state index contributed by atoms with van der Waals surface area (Å²) in [6, 6.07) is 2.26. The number of thioether (sulfide) groups is 1. The second kappa shape index (κ2) is 7.79. The molecule has 1 aromatic rings. The molecule has 0 unspecified atom stereocenters. The maximum Gasteiger partial charge on any atom is 0.231 e. The van der Waals surface area contributed by atoms with Gasteiger partial charge in [-0.3, -0.25) is 4.79 Å². The highest BCUT2D eigenvalue weighted by atomic mass is 32.2. The first-order chi connectivity index (χ1) is 10.5. The summed E-state index contributed by atoms with van der Waals surface area (Å²) in [5.74, 6) is 0.696. The number of nitrogens with one attached hydrogen (secondary N) is 2. The fourth-order valence-electron chi connectivity index (χ4n) is 2.30. The van der Waals surface area contributed by atoms with Crippen molar-refractivity contribution in [1.82, 2.24) is 15.5 Å². The zero-order chi connectivity index (χ0) is 16.0. The third-order valence-electron chi connectivity index (χ3n) is 3.44. The molecule has 2 N–H and O–H groups in total. The summed E-state index contributed by atoms with van der Waals surface area (Å²) >= 11 is 2.81. The lowest BCUT2D eigenvalue weighted by Crippen LogP contribution is -2.45. The molecular formula is C14H21N5OS2. The van der Waals surface area contributed by atoms with Gasteiger partial charge in [0.2, 0.25) is 11.0 Å². The minimum absolute atomic E-state index is 0.111. The van der Waals surface area contributed by atoms with Crippen LogP contribution in [0.15, 0.2) is 4.34 Å². The quantitative estimate of drug-likeness (QED) is 0.742. The van der Waals surface area contributed by atoms with Crippen molar-refractivity contribution in [3.63, 3.8) is 0 Å². The van der Waals surface area contributed by atoms with Crippen LogP contribution in [0.2, 0.25) is 0 Å². The Labute approximate surface area is 139 Å². The molecule has 22 heavy (non-hydrogen) atoms. The number of rotatable bonds is 7. The van der Waals surface area contributed by atoms with Gasteiger partial charge in [-0.15, -0.1) is 10.2 Å². The van der Waals surface area contributed by atoms with Crippen LogP contribution in [0, 0.1) is 17.2 Å². The highest BCUT2D eigenvalue weighted by Gasteiger charge is 2.35. The average molecular weight is 339 g/mol. The summed E-state index contributed by atoms with van der Waals surface area (Å²) in [7, 11) is 0. The van der Waals surface area contributed by atoms with Crippen molar-refractivity contribution < 1.29 is 4.79 Å². The van der Waals surface area contributed by atoms with Crippen LogP contribution >= 0.6 is 23.1 Å². The zero-order valence-corrected chi connectivity index (χ0v) is 14.5. The zero-order valence-electron chi connectivity index (χ0n) is 12.9. The number of amides is 1. The van der Waals surface area contributed by atoms with Gasteiger partial charge < -0.3 is 10.6 Å². The molecule has 1 aromatic heterocycles. The molecule has 0 aromatic carbocycles. The number of nitrogens with zero attached hydrogens (tertiary/aromatic N) is 3. The summed E-state index contributed by atoms with van der Waals surface area (Å²) in [4.78, 5) is 12.0.